The minimum absolute atomic E-state index is 0.0167. The van der Waals surface area contributed by atoms with Gasteiger partial charge in [-0.2, -0.15) is 0 Å². The number of anilines is 1. The monoisotopic (exact) mass is 345 g/mol. The van der Waals surface area contributed by atoms with E-state index in [0.717, 1.165) is 9.88 Å². The summed E-state index contributed by atoms with van der Waals surface area (Å²) in [6, 6.07) is 9.62. The molecule has 0 unspecified atom stereocenters. The number of non-ortho nitro benzene ring substituents is 1. The normalized spacial score (nSPS) is 10.5. The van der Waals surface area contributed by atoms with Crippen LogP contribution in [0, 0.1) is 17.0 Å². The van der Waals surface area contributed by atoms with Crippen molar-refractivity contribution in [2.24, 2.45) is 0 Å². The van der Waals surface area contributed by atoms with E-state index in [1.165, 1.54) is 35.6 Å². The molecule has 1 amide bonds. The molecule has 23 heavy (non-hydrogen) atoms. The first kappa shape index (κ1) is 15.3. The van der Waals surface area contributed by atoms with Crippen LogP contribution in [0.3, 0.4) is 0 Å². The van der Waals surface area contributed by atoms with Crippen LogP contribution >= 0.6 is 22.7 Å². The van der Waals surface area contributed by atoms with Crippen LogP contribution in [0.1, 0.15) is 15.4 Å². The Labute approximate surface area is 139 Å². The van der Waals surface area contributed by atoms with Crippen LogP contribution in [0.25, 0.3) is 9.88 Å². The first-order chi connectivity index (χ1) is 11.0. The van der Waals surface area contributed by atoms with Gasteiger partial charge >= 0.3 is 0 Å². The molecule has 2 heterocycles. The molecule has 0 aliphatic rings. The zero-order valence-corrected chi connectivity index (χ0v) is 13.6. The number of hydrogen-bond acceptors (Lipinski definition) is 6. The molecule has 0 fully saturated rings. The van der Waals surface area contributed by atoms with Crippen LogP contribution in [0.5, 0.6) is 0 Å². The van der Waals surface area contributed by atoms with Crippen molar-refractivity contribution >= 4 is 40.0 Å². The second-order valence-corrected chi connectivity index (χ2v) is 6.62. The Kier molecular flexibility index (Phi) is 4.18. The van der Waals surface area contributed by atoms with Gasteiger partial charge in [0.2, 0.25) is 0 Å². The first-order valence-corrected chi connectivity index (χ1v) is 8.31. The Morgan fingerprint density at radius 1 is 1.26 bits per heavy atom. The molecule has 2 aromatic heterocycles. The maximum absolute atomic E-state index is 12.4. The lowest BCUT2D eigenvalue weighted by atomic mass is 10.2. The van der Waals surface area contributed by atoms with E-state index in [1.54, 1.807) is 18.3 Å². The van der Waals surface area contributed by atoms with Crippen molar-refractivity contribution < 1.29 is 9.72 Å². The van der Waals surface area contributed by atoms with Crippen LogP contribution in [-0.4, -0.2) is 15.8 Å². The van der Waals surface area contributed by atoms with Gasteiger partial charge in [0, 0.05) is 17.8 Å². The Morgan fingerprint density at radius 3 is 2.61 bits per heavy atom. The highest BCUT2D eigenvalue weighted by Gasteiger charge is 2.17. The van der Waals surface area contributed by atoms with Crippen molar-refractivity contribution in [2.75, 3.05) is 5.32 Å². The number of carbonyl (C=O) groups is 1. The minimum Gasteiger partial charge on any atom is -0.321 e. The molecule has 8 heteroatoms. The van der Waals surface area contributed by atoms with Gasteiger partial charge in [0.15, 0.2) is 0 Å². The number of nitrogens with one attached hydrogen (secondary N) is 1. The third-order valence-electron chi connectivity index (χ3n) is 3.07. The molecule has 0 bridgehead atoms. The number of aryl methyl sites for hydroxylation is 1. The molecule has 1 aromatic carbocycles. The van der Waals surface area contributed by atoms with E-state index in [0.29, 0.717) is 16.3 Å². The summed E-state index contributed by atoms with van der Waals surface area (Å²) < 4.78 is 0. The second kappa shape index (κ2) is 6.27. The summed E-state index contributed by atoms with van der Waals surface area (Å²) in [5.74, 6) is -0.267. The number of hydrogen-bond donors (Lipinski definition) is 1. The summed E-state index contributed by atoms with van der Waals surface area (Å²) in [4.78, 5) is 28.5. The fourth-order valence-corrected chi connectivity index (χ4v) is 3.73. The van der Waals surface area contributed by atoms with Crippen LogP contribution < -0.4 is 5.32 Å². The van der Waals surface area contributed by atoms with Gasteiger partial charge in [0.25, 0.3) is 11.6 Å². The van der Waals surface area contributed by atoms with Gasteiger partial charge in [0.1, 0.15) is 9.88 Å². The van der Waals surface area contributed by atoms with Crippen LogP contribution in [-0.2, 0) is 0 Å². The molecule has 0 spiro atoms. The Hall–Kier alpha value is -2.58. The Bertz CT molecular complexity index is 855. The summed E-state index contributed by atoms with van der Waals surface area (Å²) in [6.07, 6.45) is 0. The molecular weight excluding hydrogens is 334 g/mol. The highest BCUT2D eigenvalue weighted by Crippen LogP contribution is 2.31. The number of nitro benzene ring substituents is 1. The summed E-state index contributed by atoms with van der Waals surface area (Å²) in [5, 5.41) is 16.1. The van der Waals surface area contributed by atoms with E-state index in [9.17, 15) is 14.9 Å². The third kappa shape index (κ3) is 3.27. The Balaban J connectivity index is 1.79. The average Bonchev–Trinajstić information content (AvgIpc) is 3.16. The quantitative estimate of drug-likeness (QED) is 0.563. The van der Waals surface area contributed by atoms with Gasteiger partial charge in [-0.1, -0.05) is 6.07 Å². The van der Waals surface area contributed by atoms with Gasteiger partial charge in [-0.3, -0.25) is 14.9 Å². The SMILES string of the molecule is Cc1nc(-c2cccs2)sc1C(=O)Nc1ccc([N+](=O)[O-])cc1. The molecule has 1 N–H and O–H groups in total. The lowest BCUT2D eigenvalue weighted by molar-refractivity contribution is -0.384. The molecular formula is C15H11N3O3S2. The van der Waals surface area contributed by atoms with Gasteiger partial charge in [0.05, 0.1) is 15.5 Å². The van der Waals surface area contributed by atoms with Crippen LogP contribution in [0.4, 0.5) is 11.4 Å². The van der Waals surface area contributed by atoms with Crippen molar-refractivity contribution in [2.45, 2.75) is 6.92 Å². The van der Waals surface area contributed by atoms with Crippen molar-refractivity contribution in [1.29, 1.82) is 0 Å². The average molecular weight is 345 g/mol. The zero-order chi connectivity index (χ0) is 16.4. The second-order valence-electron chi connectivity index (χ2n) is 4.67. The van der Waals surface area contributed by atoms with Gasteiger partial charge in [-0.25, -0.2) is 4.98 Å². The molecule has 6 nitrogen and oxygen atoms in total. The number of thiazole rings is 1. The fourth-order valence-electron chi connectivity index (χ4n) is 1.97. The highest BCUT2D eigenvalue weighted by molar-refractivity contribution is 7.22. The first-order valence-electron chi connectivity index (χ1n) is 6.61. The lowest BCUT2D eigenvalue weighted by Gasteiger charge is -2.03. The molecule has 3 rings (SSSR count). The van der Waals surface area contributed by atoms with Crippen molar-refractivity contribution in [3.63, 3.8) is 0 Å². The number of aromatic nitrogens is 1. The molecule has 0 atom stereocenters. The summed E-state index contributed by atoms with van der Waals surface area (Å²) in [6.45, 7) is 1.79. The number of carbonyl (C=O) groups excluding carboxylic acids is 1. The van der Waals surface area contributed by atoms with E-state index in [2.05, 4.69) is 10.3 Å². The highest BCUT2D eigenvalue weighted by atomic mass is 32.1. The van der Waals surface area contributed by atoms with Crippen molar-refractivity contribution in [3.8, 4) is 9.88 Å². The van der Waals surface area contributed by atoms with E-state index >= 15 is 0 Å². The van der Waals surface area contributed by atoms with E-state index in [1.807, 2.05) is 17.5 Å². The number of nitrogens with zero attached hydrogens (tertiary/aromatic N) is 2. The van der Waals surface area contributed by atoms with E-state index in [4.69, 9.17) is 0 Å². The molecule has 116 valence electrons. The van der Waals surface area contributed by atoms with Crippen LogP contribution in [0.15, 0.2) is 41.8 Å². The summed E-state index contributed by atoms with van der Waals surface area (Å²) >= 11 is 2.90. The lowest BCUT2D eigenvalue weighted by Crippen LogP contribution is -2.11. The van der Waals surface area contributed by atoms with Crippen molar-refractivity contribution in [3.05, 3.63) is 62.5 Å². The number of nitro groups is 1. The van der Waals surface area contributed by atoms with Gasteiger partial charge in [-0.05, 0) is 30.5 Å². The van der Waals surface area contributed by atoms with Gasteiger partial charge < -0.3 is 5.32 Å². The number of benzene rings is 1. The number of thiophene rings is 1. The molecule has 0 saturated heterocycles. The topological polar surface area (TPSA) is 85.1 Å². The molecule has 0 aliphatic carbocycles. The summed E-state index contributed by atoms with van der Waals surface area (Å²) in [7, 11) is 0. The predicted octanol–water partition coefficient (Wildman–Crippen LogP) is 4.34. The molecule has 0 radical (unpaired) electrons. The molecule has 3 aromatic rings. The van der Waals surface area contributed by atoms with Gasteiger partial charge in [-0.15, -0.1) is 22.7 Å². The smallest absolute Gasteiger partial charge is 0.269 e. The van der Waals surface area contributed by atoms with Crippen LogP contribution in [0.2, 0.25) is 0 Å². The zero-order valence-electron chi connectivity index (χ0n) is 12.0. The largest absolute Gasteiger partial charge is 0.321 e. The predicted molar refractivity (Wildman–Crippen MR) is 91.2 cm³/mol. The van der Waals surface area contributed by atoms with E-state index in [-0.39, 0.29) is 11.6 Å². The fraction of sp³-hybridized carbons (Fsp3) is 0.0667. The number of rotatable bonds is 4. The summed E-state index contributed by atoms with van der Waals surface area (Å²) in [5.41, 5.74) is 1.15. The third-order valence-corrected chi connectivity index (χ3v) is 5.27. The minimum atomic E-state index is -0.480. The van der Waals surface area contributed by atoms with Crippen molar-refractivity contribution in [1.82, 2.24) is 4.98 Å². The van der Waals surface area contributed by atoms with E-state index < -0.39 is 4.92 Å². The standard InChI is InChI=1S/C15H11N3O3S2/c1-9-13(23-15(16-9)12-3-2-8-22-12)14(19)17-10-4-6-11(7-5-10)18(20)21/h2-8H,1H3,(H,17,19). The number of amides is 1. The maximum Gasteiger partial charge on any atom is 0.269 e. The molecule has 0 saturated carbocycles. The molecule has 0 aliphatic heterocycles. The maximum atomic E-state index is 12.4. The Morgan fingerprint density at radius 2 is 2.00 bits per heavy atom.